The van der Waals surface area contributed by atoms with Gasteiger partial charge in [0.05, 0.1) is 5.39 Å². The first-order chi connectivity index (χ1) is 12.7. The van der Waals surface area contributed by atoms with Crippen LogP contribution >= 0.6 is 0 Å². The van der Waals surface area contributed by atoms with Gasteiger partial charge < -0.3 is 20.0 Å². The molecular formula is C19H17N5O2. The summed E-state index contributed by atoms with van der Waals surface area (Å²) in [5.74, 6) is 1.36. The summed E-state index contributed by atoms with van der Waals surface area (Å²) in [5, 5.41) is 8.57. The van der Waals surface area contributed by atoms with Crippen LogP contribution < -0.4 is 16.3 Å². The highest BCUT2D eigenvalue weighted by Gasteiger charge is 2.19. The molecule has 1 saturated carbocycles. The molecule has 1 aromatic carbocycles. The SMILES string of the molecule is O=c1ccc2cc(Nc3nc(NC4CCC4)c4cc[nH]c4n3)ccc2o1. The molecule has 1 fully saturated rings. The van der Waals surface area contributed by atoms with Crippen molar-refractivity contribution in [1.29, 1.82) is 0 Å². The van der Waals surface area contributed by atoms with Crippen molar-refractivity contribution in [3.8, 4) is 0 Å². The molecule has 0 unspecified atom stereocenters. The van der Waals surface area contributed by atoms with Crippen LogP contribution in [0.4, 0.5) is 17.5 Å². The number of rotatable bonds is 4. The second-order valence-electron chi connectivity index (χ2n) is 6.54. The molecule has 3 N–H and O–H groups in total. The van der Waals surface area contributed by atoms with Crippen LogP contribution in [-0.2, 0) is 0 Å². The molecule has 4 aromatic rings. The first-order valence-electron chi connectivity index (χ1n) is 8.67. The molecule has 7 nitrogen and oxygen atoms in total. The summed E-state index contributed by atoms with van der Waals surface area (Å²) < 4.78 is 5.17. The Morgan fingerprint density at radius 2 is 2.04 bits per heavy atom. The van der Waals surface area contributed by atoms with Crippen LogP contribution in [0.25, 0.3) is 22.0 Å². The van der Waals surface area contributed by atoms with Crippen molar-refractivity contribution in [3.05, 3.63) is 53.0 Å². The van der Waals surface area contributed by atoms with E-state index < -0.39 is 0 Å². The number of H-pyrrole nitrogens is 1. The van der Waals surface area contributed by atoms with Crippen LogP contribution in [-0.4, -0.2) is 21.0 Å². The topological polar surface area (TPSA) is 95.8 Å². The summed E-state index contributed by atoms with van der Waals surface area (Å²) in [5.41, 5.74) is 1.81. The van der Waals surface area contributed by atoms with Crippen molar-refractivity contribution in [1.82, 2.24) is 15.0 Å². The number of aromatic amines is 1. The lowest BCUT2D eigenvalue weighted by Crippen LogP contribution is -2.27. The molecule has 0 spiro atoms. The molecule has 1 aliphatic carbocycles. The molecule has 7 heteroatoms. The minimum absolute atomic E-state index is 0.356. The normalized spacial score (nSPS) is 14.5. The van der Waals surface area contributed by atoms with Crippen LogP contribution in [0.5, 0.6) is 0 Å². The van der Waals surface area contributed by atoms with Gasteiger partial charge in [0.2, 0.25) is 5.95 Å². The first-order valence-corrected chi connectivity index (χ1v) is 8.67. The van der Waals surface area contributed by atoms with Crippen molar-refractivity contribution in [2.45, 2.75) is 25.3 Å². The lowest BCUT2D eigenvalue weighted by atomic mass is 9.93. The summed E-state index contributed by atoms with van der Waals surface area (Å²) in [7, 11) is 0. The molecule has 26 heavy (non-hydrogen) atoms. The number of nitrogens with one attached hydrogen (secondary N) is 3. The van der Waals surface area contributed by atoms with Gasteiger partial charge in [0.15, 0.2) is 0 Å². The molecule has 0 amide bonds. The van der Waals surface area contributed by atoms with E-state index in [0.29, 0.717) is 17.6 Å². The highest BCUT2D eigenvalue weighted by Crippen LogP contribution is 2.28. The Hall–Kier alpha value is -3.35. The van der Waals surface area contributed by atoms with E-state index in [2.05, 4.69) is 25.6 Å². The van der Waals surface area contributed by atoms with Gasteiger partial charge in [-0.15, -0.1) is 0 Å². The fourth-order valence-corrected chi connectivity index (χ4v) is 3.13. The third kappa shape index (κ3) is 2.67. The molecule has 5 rings (SSSR count). The van der Waals surface area contributed by atoms with Gasteiger partial charge in [-0.25, -0.2) is 4.79 Å². The second-order valence-corrected chi connectivity index (χ2v) is 6.54. The van der Waals surface area contributed by atoms with Gasteiger partial charge in [-0.2, -0.15) is 9.97 Å². The van der Waals surface area contributed by atoms with E-state index in [1.54, 1.807) is 12.1 Å². The smallest absolute Gasteiger partial charge is 0.336 e. The van der Waals surface area contributed by atoms with Gasteiger partial charge in [0.25, 0.3) is 0 Å². The van der Waals surface area contributed by atoms with Crippen molar-refractivity contribution >= 4 is 39.5 Å². The monoisotopic (exact) mass is 347 g/mol. The molecular weight excluding hydrogens is 330 g/mol. The van der Waals surface area contributed by atoms with E-state index >= 15 is 0 Å². The maximum Gasteiger partial charge on any atom is 0.336 e. The number of anilines is 3. The fourth-order valence-electron chi connectivity index (χ4n) is 3.13. The van der Waals surface area contributed by atoms with Gasteiger partial charge in [0.1, 0.15) is 17.0 Å². The Kier molecular flexibility index (Phi) is 3.38. The van der Waals surface area contributed by atoms with Crippen molar-refractivity contribution in [3.63, 3.8) is 0 Å². The first kappa shape index (κ1) is 14.9. The van der Waals surface area contributed by atoms with Crippen LogP contribution in [0.3, 0.4) is 0 Å². The average Bonchev–Trinajstić information content (AvgIpc) is 3.07. The van der Waals surface area contributed by atoms with E-state index in [9.17, 15) is 4.79 Å². The van der Waals surface area contributed by atoms with Crippen molar-refractivity contribution in [2.75, 3.05) is 10.6 Å². The molecule has 0 atom stereocenters. The predicted octanol–water partition coefficient (Wildman–Crippen LogP) is 3.77. The predicted molar refractivity (Wildman–Crippen MR) is 101 cm³/mol. The highest BCUT2D eigenvalue weighted by atomic mass is 16.4. The summed E-state index contributed by atoms with van der Waals surface area (Å²) in [6.07, 6.45) is 5.48. The Labute approximate surface area is 148 Å². The summed E-state index contributed by atoms with van der Waals surface area (Å²) in [6.45, 7) is 0. The summed E-state index contributed by atoms with van der Waals surface area (Å²) in [4.78, 5) is 23.7. The van der Waals surface area contributed by atoms with Crippen LogP contribution in [0.15, 0.2) is 51.8 Å². The molecule has 0 radical (unpaired) electrons. The third-order valence-corrected chi connectivity index (χ3v) is 4.74. The minimum atomic E-state index is -0.356. The van der Waals surface area contributed by atoms with Gasteiger partial charge >= 0.3 is 5.63 Å². The fraction of sp³-hybridized carbons (Fsp3) is 0.211. The zero-order chi connectivity index (χ0) is 17.5. The molecule has 0 aliphatic heterocycles. The molecule has 0 bridgehead atoms. The average molecular weight is 347 g/mol. The Morgan fingerprint density at radius 3 is 2.88 bits per heavy atom. The van der Waals surface area contributed by atoms with Gasteiger partial charge in [-0.3, -0.25) is 0 Å². The Bertz CT molecular complexity index is 1160. The van der Waals surface area contributed by atoms with Gasteiger partial charge in [-0.05, 0) is 49.6 Å². The number of nitrogens with zero attached hydrogens (tertiary/aromatic N) is 2. The van der Waals surface area contributed by atoms with Crippen molar-refractivity contribution in [2.24, 2.45) is 0 Å². The van der Waals surface area contributed by atoms with E-state index in [1.165, 1.54) is 25.3 Å². The van der Waals surface area contributed by atoms with Gasteiger partial charge in [-0.1, -0.05) is 0 Å². The van der Waals surface area contributed by atoms with Crippen LogP contribution in [0.1, 0.15) is 19.3 Å². The molecule has 1 aliphatic rings. The zero-order valence-corrected chi connectivity index (χ0v) is 14.0. The van der Waals surface area contributed by atoms with Gasteiger partial charge in [0, 0.05) is 29.4 Å². The van der Waals surface area contributed by atoms with E-state index in [0.717, 1.165) is 27.9 Å². The summed E-state index contributed by atoms with van der Waals surface area (Å²) >= 11 is 0. The third-order valence-electron chi connectivity index (χ3n) is 4.74. The standard InChI is InChI=1S/C19H17N5O2/c25-16-7-4-11-10-13(5-6-15(11)26-16)22-19-23-17-14(8-9-20-17)18(24-19)21-12-2-1-3-12/h4-10,12H,1-3H2,(H3,20,21,22,23,24). The maximum atomic E-state index is 11.3. The van der Waals surface area contributed by atoms with Crippen LogP contribution in [0, 0.1) is 0 Å². The summed E-state index contributed by atoms with van der Waals surface area (Å²) in [6, 6.07) is 11.1. The highest BCUT2D eigenvalue weighted by molar-refractivity contribution is 5.89. The molecule has 3 aromatic heterocycles. The lowest BCUT2D eigenvalue weighted by molar-refractivity contribution is 0.445. The number of aromatic nitrogens is 3. The number of hydrogen-bond donors (Lipinski definition) is 3. The van der Waals surface area contributed by atoms with E-state index in [-0.39, 0.29) is 5.63 Å². The minimum Gasteiger partial charge on any atom is -0.423 e. The molecule has 0 saturated heterocycles. The quantitative estimate of drug-likeness (QED) is 0.486. The zero-order valence-electron chi connectivity index (χ0n) is 14.0. The number of hydrogen-bond acceptors (Lipinski definition) is 6. The largest absolute Gasteiger partial charge is 0.423 e. The molecule has 3 heterocycles. The van der Waals surface area contributed by atoms with Crippen LogP contribution in [0.2, 0.25) is 0 Å². The Balaban J connectivity index is 1.50. The number of fused-ring (bicyclic) bond motifs is 2. The van der Waals surface area contributed by atoms with E-state index in [4.69, 9.17) is 4.42 Å². The van der Waals surface area contributed by atoms with Crippen molar-refractivity contribution < 1.29 is 4.42 Å². The second kappa shape index (κ2) is 5.87. The maximum absolute atomic E-state index is 11.3. The van der Waals surface area contributed by atoms with E-state index in [1.807, 2.05) is 24.4 Å². The Morgan fingerprint density at radius 1 is 1.12 bits per heavy atom. The molecule has 130 valence electrons. The number of benzene rings is 1. The lowest BCUT2D eigenvalue weighted by Gasteiger charge is -2.27.